The highest BCUT2D eigenvalue weighted by Crippen LogP contribution is 2.13. The standard InChI is InChI=1S/C34H64N10O2/c1-26(2)43-28-19-17-27(18-20-28)12-9-23-44(24-10-21-41-33(45)29(35)13-5-3-7-15-31(37)38)25-11-22-42-34(46)30(36)14-6-4-8-16-32(39)40/h17-20,26,29-30,43H,3-16,21-25,35-36H2,1-2H3,(H3,37,38)(H3,39,40)(H,41,45)(H,42,46)/t29-,30-/m0/s1. The van der Waals surface area contributed by atoms with Crippen molar-refractivity contribution in [1.29, 1.82) is 10.8 Å². The van der Waals surface area contributed by atoms with Crippen molar-refractivity contribution in [3.63, 3.8) is 0 Å². The van der Waals surface area contributed by atoms with Crippen molar-refractivity contribution >= 4 is 29.2 Å². The van der Waals surface area contributed by atoms with Crippen LogP contribution in [0, 0.1) is 10.8 Å². The number of anilines is 1. The number of nitrogens with zero attached hydrogens (tertiary/aromatic N) is 1. The lowest BCUT2D eigenvalue weighted by Gasteiger charge is -2.23. The zero-order chi connectivity index (χ0) is 34.2. The Morgan fingerprint density at radius 3 is 1.59 bits per heavy atom. The molecule has 0 aliphatic carbocycles. The van der Waals surface area contributed by atoms with E-state index in [9.17, 15) is 9.59 Å². The molecule has 1 aromatic carbocycles. The summed E-state index contributed by atoms with van der Waals surface area (Å²) in [6.07, 6.45) is 11.2. The second kappa shape index (κ2) is 24.9. The Balaban J connectivity index is 2.46. The molecule has 0 aromatic heterocycles. The Morgan fingerprint density at radius 1 is 0.696 bits per heavy atom. The maximum Gasteiger partial charge on any atom is 0.236 e. The molecule has 0 bridgehead atoms. The van der Waals surface area contributed by atoms with Crippen LogP contribution in [0.4, 0.5) is 5.69 Å². The van der Waals surface area contributed by atoms with Gasteiger partial charge in [-0.2, -0.15) is 0 Å². The first-order valence-electron chi connectivity index (χ1n) is 17.3. The number of hydrogen-bond acceptors (Lipinski definition) is 8. The zero-order valence-corrected chi connectivity index (χ0v) is 28.5. The number of aryl methyl sites for hydroxylation is 1. The molecule has 0 spiro atoms. The Morgan fingerprint density at radius 2 is 1.15 bits per heavy atom. The number of unbranched alkanes of at least 4 members (excludes halogenated alkanes) is 4. The topological polar surface area (TPSA) is 225 Å². The number of carbonyl (C=O) groups is 2. The number of rotatable bonds is 28. The van der Waals surface area contributed by atoms with E-state index in [-0.39, 0.29) is 23.5 Å². The van der Waals surface area contributed by atoms with Crippen LogP contribution in [0.5, 0.6) is 0 Å². The van der Waals surface area contributed by atoms with E-state index in [4.69, 9.17) is 33.8 Å². The van der Waals surface area contributed by atoms with E-state index < -0.39 is 12.1 Å². The first-order chi connectivity index (χ1) is 22.0. The molecule has 0 saturated carbocycles. The van der Waals surface area contributed by atoms with Crippen LogP contribution < -0.4 is 38.9 Å². The highest BCUT2D eigenvalue weighted by molar-refractivity contribution is 5.81. The van der Waals surface area contributed by atoms with Crippen LogP contribution >= 0.6 is 0 Å². The van der Waals surface area contributed by atoms with Crippen molar-refractivity contribution in [3.8, 4) is 0 Å². The molecule has 12 heteroatoms. The molecule has 2 atom stereocenters. The molecular formula is C34H64N10O2. The number of amidine groups is 2. The maximum atomic E-state index is 12.5. The van der Waals surface area contributed by atoms with Crippen LogP contribution in [0.2, 0.25) is 0 Å². The van der Waals surface area contributed by atoms with E-state index in [2.05, 4.69) is 59.0 Å². The fourth-order valence-electron chi connectivity index (χ4n) is 5.21. The molecule has 46 heavy (non-hydrogen) atoms. The third-order valence-electron chi connectivity index (χ3n) is 7.85. The fraction of sp³-hybridized carbons (Fsp3) is 0.706. The molecule has 0 fully saturated rings. The Bertz CT molecular complexity index is 952. The Labute approximate surface area is 277 Å². The van der Waals surface area contributed by atoms with Gasteiger partial charge >= 0.3 is 0 Å². The van der Waals surface area contributed by atoms with Crippen LogP contribution in [0.1, 0.15) is 103 Å². The summed E-state index contributed by atoms with van der Waals surface area (Å²) in [6, 6.07) is 7.97. The van der Waals surface area contributed by atoms with E-state index in [0.29, 0.717) is 44.8 Å². The smallest absolute Gasteiger partial charge is 0.236 e. The first-order valence-corrected chi connectivity index (χ1v) is 17.3. The molecule has 12 nitrogen and oxygen atoms in total. The molecule has 0 radical (unpaired) electrons. The molecule has 0 unspecified atom stereocenters. The summed E-state index contributed by atoms with van der Waals surface area (Å²) in [5, 5.41) is 24.0. The van der Waals surface area contributed by atoms with Crippen LogP contribution in [0.3, 0.4) is 0 Å². The molecule has 2 amide bonds. The molecule has 0 saturated heterocycles. The number of amides is 2. The van der Waals surface area contributed by atoms with Crippen molar-refractivity contribution in [2.45, 2.75) is 122 Å². The van der Waals surface area contributed by atoms with Gasteiger partial charge in [-0.25, -0.2) is 0 Å². The van der Waals surface area contributed by atoms with Crippen LogP contribution in [-0.4, -0.2) is 79.2 Å². The molecule has 0 aliphatic heterocycles. The number of hydrogen-bond donors (Lipinski definition) is 9. The van der Waals surface area contributed by atoms with Crippen molar-refractivity contribution in [1.82, 2.24) is 15.5 Å². The molecule has 1 aromatic rings. The lowest BCUT2D eigenvalue weighted by Crippen LogP contribution is -2.42. The van der Waals surface area contributed by atoms with Gasteiger partial charge in [0, 0.05) is 37.7 Å². The van der Waals surface area contributed by atoms with Crippen LogP contribution in [0.25, 0.3) is 0 Å². The second-order valence-corrected chi connectivity index (χ2v) is 12.7. The molecule has 262 valence electrons. The van der Waals surface area contributed by atoms with Gasteiger partial charge in [-0.05, 0) is 103 Å². The zero-order valence-electron chi connectivity index (χ0n) is 28.5. The van der Waals surface area contributed by atoms with Gasteiger partial charge < -0.3 is 43.8 Å². The average Bonchev–Trinajstić information content (AvgIpc) is 3.00. The normalized spacial score (nSPS) is 12.6. The largest absolute Gasteiger partial charge is 0.388 e. The van der Waals surface area contributed by atoms with Crippen LogP contribution in [-0.2, 0) is 16.0 Å². The minimum atomic E-state index is -0.522. The van der Waals surface area contributed by atoms with Gasteiger partial charge in [-0.15, -0.1) is 0 Å². The quantitative estimate of drug-likeness (QED) is 0.0373. The maximum absolute atomic E-state index is 12.5. The molecule has 1 rings (SSSR count). The monoisotopic (exact) mass is 645 g/mol. The third kappa shape index (κ3) is 21.5. The molecule has 0 aliphatic rings. The van der Waals surface area contributed by atoms with E-state index in [0.717, 1.165) is 89.5 Å². The molecular weight excluding hydrogens is 580 g/mol. The van der Waals surface area contributed by atoms with Crippen molar-refractivity contribution in [2.24, 2.45) is 22.9 Å². The number of carbonyl (C=O) groups excluding carboxylic acids is 2. The third-order valence-corrected chi connectivity index (χ3v) is 7.85. The minimum Gasteiger partial charge on any atom is -0.388 e. The lowest BCUT2D eigenvalue weighted by molar-refractivity contribution is -0.123. The van der Waals surface area contributed by atoms with Crippen molar-refractivity contribution in [2.75, 3.05) is 38.0 Å². The summed E-state index contributed by atoms with van der Waals surface area (Å²) in [5.74, 6) is 0.156. The Hall–Kier alpha value is -3.22. The van der Waals surface area contributed by atoms with Gasteiger partial charge in [0.25, 0.3) is 0 Å². The number of nitrogens with two attached hydrogens (primary N) is 4. The van der Waals surface area contributed by atoms with E-state index >= 15 is 0 Å². The lowest BCUT2D eigenvalue weighted by atomic mass is 10.1. The summed E-state index contributed by atoms with van der Waals surface area (Å²) in [7, 11) is 0. The van der Waals surface area contributed by atoms with Gasteiger partial charge in [0.1, 0.15) is 0 Å². The van der Waals surface area contributed by atoms with Gasteiger partial charge in [-0.1, -0.05) is 37.8 Å². The first kappa shape index (κ1) is 40.8. The summed E-state index contributed by atoms with van der Waals surface area (Å²) in [6.45, 7) is 7.99. The predicted molar refractivity (Wildman–Crippen MR) is 191 cm³/mol. The SMILES string of the molecule is CC(C)Nc1ccc(CCCN(CCCNC(=O)[C@@H](N)CCCCCC(=N)N)CCCNC(=O)[C@@H](N)CCCCCC(=N)N)cc1. The summed E-state index contributed by atoms with van der Waals surface area (Å²) >= 11 is 0. The predicted octanol–water partition coefficient (Wildman–Crippen LogP) is 3.18. The highest BCUT2D eigenvalue weighted by atomic mass is 16.2. The van der Waals surface area contributed by atoms with Crippen molar-refractivity contribution in [3.05, 3.63) is 29.8 Å². The minimum absolute atomic E-state index is 0.119. The van der Waals surface area contributed by atoms with Crippen molar-refractivity contribution < 1.29 is 9.59 Å². The van der Waals surface area contributed by atoms with E-state index in [1.165, 1.54) is 5.56 Å². The van der Waals surface area contributed by atoms with Gasteiger partial charge in [0.05, 0.1) is 23.8 Å². The van der Waals surface area contributed by atoms with Crippen LogP contribution in [0.15, 0.2) is 24.3 Å². The van der Waals surface area contributed by atoms with Gasteiger partial charge in [0.2, 0.25) is 11.8 Å². The van der Waals surface area contributed by atoms with Gasteiger partial charge in [-0.3, -0.25) is 20.4 Å². The van der Waals surface area contributed by atoms with Gasteiger partial charge in [0.15, 0.2) is 0 Å². The average molecular weight is 645 g/mol. The Kier molecular flexibility index (Phi) is 22.1. The number of nitrogens with one attached hydrogen (secondary N) is 5. The van der Waals surface area contributed by atoms with E-state index in [1.807, 2.05) is 0 Å². The highest BCUT2D eigenvalue weighted by Gasteiger charge is 2.14. The summed E-state index contributed by atoms with van der Waals surface area (Å²) in [4.78, 5) is 27.3. The number of benzene rings is 1. The summed E-state index contributed by atoms with van der Waals surface area (Å²) in [5.41, 5.74) is 25.4. The second-order valence-electron chi connectivity index (χ2n) is 12.7. The molecule has 0 heterocycles. The fourth-order valence-corrected chi connectivity index (χ4v) is 5.21. The molecule has 13 N–H and O–H groups in total. The summed E-state index contributed by atoms with van der Waals surface area (Å²) < 4.78 is 0. The van der Waals surface area contributed by atoms with E-state index in [1.54, 1.807) is 0 Å².